The van der Waals surface area contributed by atoms with Crippen LogP contribution in [0.25, 0.3) is 0 Å². The van der Waals surface area contributed by atoms with E-state index in [1.165, 1.54) is 0 Å². The molecular formula is C17H14ClNO3S. The normalized spacial score (nSPS) is 19.4. The summed E-state index contributed by atoms with van der Waals surface area (Å²) in [4.78, 5) is 14.2. The zero-order chi connectivity index (χ0) is 15.8. The molecule has 0 aliphatic carbocycles. The predicted octanol–water partition coefficient (Wildman–Crippen LogP) is 3.84. The molecule has 6 heteroatoms. The van der Waals surface area contributed by atoms with Crippen LogP contribution in [0.15, 0.2) is 42.5 Å². The van der Waals surface area contributed by atoms with Gasteiger partial charge in [-0.15, -0.1) is 11.8 Å². The van der Waals surface area contributed by atoms with Gasteiger partial charge in [-0.05, 0) is 35.4 Å². The van der Waals surface area contributed by atoms with Crippen molar-refractivity contribution >= 4 is 29.3 Å². The van der Waals surface area contributed by atoms with Gasteiger partial charge in [0.2, 0.25) is 12.7 Å². The van der Waals surface area contributed by atoms with Gasteiger partial charge in [-0.25, -0.2) is 0 Å². The number of amides is 1. The minimum atomic E-state index is 0.0187. The minimum absolute atomic E-state index is 0.0187. The van der Waals surface area contributed by atoms with Crippen molar-refractivity contribution in [3.8, 4) is 11.5 Å². The molecule has 0 radical (unpaired) electrons. The average molecular weight is 348 g/mol. The summed E-state index contributed by atoms with van der Waals surface area (Å²) >= 11 is 7.59. The number of ether oxygens (including phenoxy) is 2. The fourth-order valence-electron chi connectivity index (χ4n) is 2.76. The Morgan fingerprint density at radius 2 is 1.91 bits per heavy atom. The summed E-state index contributed by atoms with van der Waals surface area (Å²) < 4.78 is 10.7. The predicted molar refractivity (Wildman–Crippen MR) is 89.8 cm³/mol. The van der Waals surface area contributed by atoms with E-state index in [0.29, 0.717) is 17.3 Å². The van der Waals surface area contributed by atoms with E-state index in [2.05, 4.69) is 0 Å². The average Bonchev–Trinajstić information content (AvgIpc) is 3.16. The van der Waals surface area contributed by atoms with Gasteiger partial charge in [0.1, 0.15) is 5.37 Å². The number of fused-ring (bicyclic) bond motifs is 1. The van der Waals surface area contributed by atoms with Crippen molar-refractivity contribution in [1.82, 2.24) is 4.90 Å². The van der Waals surface area contributed by atoms with Gasteiger partial charge in [-0.3, -0.25) is 4.79 Å². The summed E-state index contributed by atoms with van der Waals surface area (Å²) in [7, 11) is 0. The molecule has 1 fully saturated rings. The number of benzene rings is 2. The lowest BCUT2D eigenvalue weighted by Crippen LogP contribution is -2.27. The number of hydrogen-bond acceptors (Lipinski definition) is 4. The zero-order valence-electron chi connectivity index (χ0n) is 12.2. The molecule has 1 unspecified atom stereocenters. The smallest absolute Gasteiger partial charge is 0.234 e. The van der Waals surface area contributed by atoms with E-state index >= 15 is 0 Å². The van der Waals surface area contributed by atoms with Gasteiger partial charge < -0.3 is 14.4 Å². The number of nitrogens with zero attached hydrogens (tertiary/aromatic N) is 1. The Labute approximate surface area is 143 Å². The van der Waals surface area contributed by atoms with E-state index in [1.807, 2.05) is 47.4 Å². The lowest BCUT2D eigenvalue weighted by molar-refractivity contribution is -0.128. The Balaban J connectivity index is 1.58. The molecule has 0 bridgehead atoms. The van der Waals surface area contributed by atoms with Crippen LogP contribution in [0.4, 0.5) is 0 Å². The van der Waals surface area contributed by atoms with E-state index in [1.54, 1.807) is 11.8 Å². The molecule has 0 spiro atoms. The molecule has 2 aromatic rings. The van der Waals surface area contributed by atoms with E-state index in [0.717, 1.165) is 22.6 Å². The lowest BCUT2D eigenvalue weighted by atomic mass is 10.1. The molecule has 1 amide bonds. The molecule has 2 aliphatic rings. The van der Waals surface area contributed by atoms with Gasteiger partial charge in [0, 0.05) is 11.6 Å². The SMILES string of the molecule is O=C1CSC(c2ccc(Cl)cc2)N1Cc1ccc2c(c1)OCO2. The summed E-state index contributed by atoms with van der Waals surface area (Å²) in [6.45, 7) is 0.806. The molecule has 0 saturated carbocycles. The third-order valence-corrected chi connectivity index (χ3v) is 5.42. The van der Waals surface area contributed by atoms with Crippen LogP contribution < -0.4 is 9.47 Å². The number of halogens is 1. The Bertz CT molecular complexity index is 750. The highest BCUT2D eigenvalue weighted by molar-refractivity contribution is 8.00. The van der Waals surface area contributed by atoms with Gasteiger partial charge in [0.15, 0.2) is 11.5 Å². The summed E-state index contributed by atoms with van der Waals surface area (Å²) in [5, 5.41) is 0.718. The van der Waals surface area contributed by atoms with Crippen LogP contribution in [0, 0.1) is 0 Å². The molecule has 4 nitrogen and oxygen atoms in total. The molecule has 1 atom stereocenters. The molecule has 0 N–H and O–H groups in total. The van der Waals surface area contributed by atoms with E-state index < -0.39 is 0 Å². The highest BCUT2D eigenvalue weighted by Crippen LogP contribution is 2.40. The van der Waals surface area contributed by atoms with Crippen LogP contribution in [0.1, 0.15) is 16.5 Å². The summed E-state index contributed by atoms with van der Waals surface area (Å²) in [5.74, 6) is 2.14. The number of carbonyl (C=O) groups is 1. The first-order chi connectivity index (χ1) is 11.2. The van der Waals surface area contributed by atoms with E-state index in [4.69, 9.17) is 21.1 Å². The third-order valence-electron chi connectivity index (χ3n) is 3.91. The second-order valence-electron chi connectivity index (χ2n) is 5.42. The highest BCUT2D eigenvalue weighted by atomic mass is 35.5. The minimum Gasteiger partial charge on any atom is -0.454 e. The molecule has 4 rings (SSSR count). The fourth-order valence-corrected chi connectivity index (χ4v) is 4.08. The van der Waals surface area contributed by atoms with Crippen molar-refractivity contribution in [3.63, 3.8) is 0 Å². The Morgan fingerprint density at radius 3 is 2.74 bits per heavy atom. The number of thioether (sulfide) groups is 1. The molecule has 0 aromatic heterocycles. The van der Waals surface area contributed by atoms with Gasteiger partial charge in [0.25, 0.3) is 0 Å². The zero-order valence-corrected chi connectivity index (χ0v) is 13.8. The number of carbonyl (C=O) groups excluding carboxylic acids is 1. The maximum Gasteiger partial charge on any atom is 0.234 e. The molecule has 23 heavy (non-hydrogen) atoms. The van der Waals surface area contributed by atoms with Crippen LogP contribution in [0.5, 0.6) is 11.5 Å². The molecule has 2 heterocycles. The van der Waals surface area contributed by atoms with Crippen molar-refractivity contribution in [2.75, 3.05) is 12.5 Å². The fraction of sp³-hybridized carbons (Fsp3) is 0.235. The number of hydrogen-bond donors (Lipinski definition) is 0. The summed E-state index contributed by atoms with van der Waals surface area (Å²) in [5.41, 5.74) is 2.12. The first kappa shape index (κ1) is 14.7. The Hall–Kier alpha value is -1.85. The van der Waals surface area contributed by atoms with Crippen LogP contribution in [0.3, 0.4) is 0 Å². The second-order valence-corrected chi connectivity index (χ2v) is 6.93. The highest BCUT2D eigenvalue weighted by Gasteiger charge is 2.33. The Morgan fingerprint density at radius 1 is 1.13 bits per heavy atom. The van der Waals surface area contributed by atoms with Crippen molar-refractivity contribution in [1.29, 1.82) is 0 Å². The van der Waals surface area contributed by atoms with E-state index in [-0.39, 0.29) is 18.1 Å². The van der Waals surface area contributed by atoms with Crippen molar-refractivity contribution < 1.29 is 14.3 Å². The summed E-state index contributed by atoms with van der Waals surface area (Å²) in [6, 6.07) is 13.5. The maximum atomic E-state index is 12.3. The van der Waals surface area contributed by atoms with Crippen LogP contribution in [-0.2, 0) is 11.3 Å². The summed E-state index contributed by atoms with van der Waals surface area (Å²) in [6.07, 6.45) is 0. The molecule has 1 saturated heterocycles. The maximum absolute atomic E-state index is 12.3. The van der Waals surface area contributed by atoms with Crippen LogP contribution in [-0.4, -0.2) is 23.4 Å². The first-order valence-electron chi connectivity index (χ1n) is 7.26. The standard InChI is InChI=1S/C17H14ClNO3S/c18-13-4-2-12(3-5-13)17-19(16(20)9-23-17)8-11-1-6-14-15(7-11)22-10-21-14/h1-7,17H,8-10H2. The van der Waals surface area contributed by atoms with Crippen molar-refractivity contribution in [2.24, 2.45) is 0 Å². The topological polar surface area (TPSA) is 38.8 Å². The third kappa shape index (κ3) is 2.86. The largest absolute Gasteiger partial charge is 0.454 e. The van der Waals surface area contributed by atoms with E-state index in [9.17, 15) is 4.79 Å². The monoisotopic (exact) mass is 347 g/mol. The van der Waals surface area contributed by atoms with Crippen LogP contribution in [0.2, 0.25) is 5.02 Å². The number of rotatable bonds is 3. The van der Waals surface area contributed by atoms with Crippen molar-refractivity contribution in [2.45, 2.75) is 11.9 Å². The second kappa shape index (κ2) is 5.98. The van der Waals surface area contributed by atoms with Gasteiger partial charge in [-0.2, -0.15) is 0 Å². The van der Waals surface area contributed by atoms with Gasteiger partial charge >= 0.3 is 0 Å². The molecule has 2 aromatic carbocycles. The molecule has 118 valence electrons. The molecule has 2 aliphatic heterocycles. The Kier molecular flexibility index (Phi) is 3.83. The quantitative estimate of drug-likeness (QED) is 0.845. The van der Waals surface area contributed by atoms with Gasteiger partial charge in [-0.1, -0.05) is 29.8 Å². The lowest BCUT2D eigenvalue weighted by Gasteiger charge is -2.24. The van der Waals surface area contributed by atoms with Crippen LogP contribution >= 0.6 is 23.4 Å². The molecular weight excluding hydrogens is 334 g/mol. The first-order valence-corrected chi connectivity index (χ1v) is 8.68. The van der Waals surface area contributed by atoms with Gasteiger partial charge in [0.05, 0.1) is 5.75 Å². The van der Waals surface area contributed by atoms with Crippen molar-refractivity contribution in [3.05, 3.63) is 58.6 Å².